The van der Waals surface area contributed by atoms with E-state index in [9.17, 15) is 9.59 Å². The lowest BCUT2D eigenvalue weighted by Crippen LogP contribution is -2.40. The molecule has 1 aliphatic heterocycles. The summed E-state index contributed by atoms with van der Waals surface area (Å²) in [6.07, 6.45) is 1.32. The van der Waals surface area contributed by atoms with Crippen LogP contribution in [0.3, 0.4) is 0 Å². The number of likely N-dealkylation sites (tertiary alicyclic amines) is 1. The normalized spacial score (nSPS) is 16.1. The number of aryl methyl sites for hydroxylation is 1. The number of hydrogen-bond donors (Lipinski definition) is 0. The highest BCUT2D eigenvalue weighted by Crippen LogP contribution is 2.25. The number of nitrogens with zero attached hydrogens (tertiary/aromatic N) is 1. The van der Waals surface area contributed by atoms with E-state index in [2.05, 4.69) is 0 Å². The maximum atomic E-state index is 12.1. The molecule has 20 heavy (non-hydrogen) atoms. The van der Waals surface area contributed by atoms with Gasteiger partial charge in [-0.1, -0.05) is 11.6 Å². The molecule has 4 nitrogen and oxygen atoms in total. The minimum atomic E-state index is -0.223. The Morgan fingerprint density at radius 1 is 1.30 bits per heavy atom. The quantitative estimate of drug-likeness (QED) is 0.622. The van der Waals surface area contributed by atoms with Gasteiger partial charge in [-0.3, -0.25) is 9.59 Å². The molecular weight excluding hydrogens is 278 g/mol. The number of carbonyl (C=O) groups is 2. The summed E-state index contributed by atoms with van der Waals surface area (Å²) in [5.74, 6) is 0.248. The largest absolute Gasteiger partial charge is 0.426 e. The Bertz CT molecular complexity index is 522. The van der Waals surface area contributed by atoms with Crippen molar-refractivity contribution in [2.75, 3.05) is 13.1 Å². The lowest BCUT2D eigenvalue weighted by molar-refractivity contribution is -0.142. The number of hydrogen-bond acceptors (Lipinski definition) is 3. The molecule has 5 heteroatoms. The number of piperidine rings is 1. The summed E-state index contributed by atoms with van der Waals surface area (Å²) in [5, 5.41) is 0.622. The third-order valence-electron chi connectivity index (χ3n) is 3.62. The van der Waals surface area contributed by atoms with Gasteiger partial charge in [0.2, 0.25) is 5.91 Å². The Hall–Kier alpha value is -1.55. The van der Waals surface area contributed by atoms with Crippen LogP contribution in [0.4, 0.5) is 0 Å². The summed E-state index contributed by atoms with van der Waals surface area (Å²) in [4.78, 5) is 25.1. The highest BCUT2D eigenvalue weighted by atomic mass is 35.5. The van der Waals surface area contributed by atoms with E-state index in [0.717, 1.165) is 5.56 Å². The predicted molar refractivity (Wildman–Crippen MR) is 76.8 cm³/mol. The molecule has 0 aliphatic carbocycles. The predicted octanol–water partition coefficient (Wildman–Crippen LogP) is 2.81. The summed E-state index contributed by atoms with van der Waals surface area (Å²) in [5.41, 5.74) is 0.840. The van der Waals surface area contributed by atoms with Gasteiger partial charge in [0.15, 0.2) is 0 Å². The van der Waals surface area contributed by atoms with Crippen molar-refractivity contribution in [1.29, 1.82) is 0 Å². The smallest absolute Gasteiger partial charge is 0.314 e. The van der Waals surface area contributed by atoms with Crippen molar-refractivity contribution in [3.05, 3.63) is 28.8 Å². The van der Waals surface area contributed by atoms with Crippen LogP contribution in [0.15, 0.2) is 18.2 Å². The Kier molecular flexibility index (Phi) is 4.65. The van der Waals surface area contributed by atoms with Crippen LogP contribution in [0.25, 0.3) is 0 Å². The van der Waals surface area contributed by atoms with Crippen molar-refractivity contribution in [3.8, 4) is 5.75 Å². The molecule has 0 saturated carbocycles. The van der Waals surface area contributed by atoms with Gasteiger partial charge >= 0.3 is 5.97 Å². The van der Waals surface area contributed by atoms with Crippen molar-refractivity contribution in [2.24, 2.45) is 5.92 Å². The molecule has 0 atom stereocenters. The third kappa shape index (κ3) is 3.51. The first kappa shape index (κ1) is 14.9. The molecule has 0 aromatic heterocycles. The van der Waals surface area contributed by atoms with E-state index in [1.165, 1.54) is 0 Å². The molecule has 1 aromatic carbocycles. The fourth-order valence-corrected chi connectivity index (χ4v) is 2.58. The van der Waals surface area contributed by atoms with E-state index in [0.29, 0.717) is 36.7 Å². The summed E-state index contributed by atoms with van der Waals surface area (Å²) >= 11 is 5.87. The summed E-state index contributed by atoms with van der Waals surface area (Å²) in [6.45, 7) is 4.64. The summed E-state index contributed by atoms with van der Waals surface area (Å²) in [6, 6.07) is 5.18. The fraction of sp³-hybridized carbons (Fsp3) is 0.467. The van der Waals surface area contributed by atoms with E-state index >= 15 is 0 Å². The summed E-state index contributed by atoms with van der Waals surface area (Å²) in [7, 11) is 0. The molecule has 0 spiro atoms. The van der Waals surface area contributed by atoms with Crippen molar-refractivity contribution >= 4 is 23.5 Å². The zero-order valence-corrected chi connectivity index (χ0v) is 12.4. The van der Waals surface area contributed by atoms with E-state index in [1.807, 2.05) is 6.92 Å². The van der Waals surface area contributed by atoms with Crippen molar-refractivity contribution in [1.82, 2.24) is 4.90 Å². The SMILES string of the molecule is CC(=O)N1CCC(C(=O)Oc2ccc(Cl)cc2C)CC1. The molecule has 1 aromatic rings. The monoisotopic (exact) mass is 295 g/mol. The van der Waals surface area contributed by atoms with Crippen LogP contribution in [0.1, 0.15) is 25.3 Å². The van der Waals surface area contributed by atoms with E-state index in [1.54, 1.807) is 30.0 Å². The topological polar surface area (TPSA) is 46.6 Å². The highest BCUT2D eigenvalue weighted by Gasteiger charge is 2.27. The number of esters is 1. The third-order valence-corrected chi connectivity index (χ3v) is 3.86. The number of ether oxygens (including phenoxy) is 1. The van der Waals surface area contributed by atoms with Gasteiger partial charge < -0.3 is 9.64 Å². The standard InChI is InChI=1S/C15H18ClNO3/c1-10-9-13(16)3-4-14(10)20-15(19)12-5-7-17(8-6-12)11(2)18/h3-4,9,12H,5-8H2,1-2H3. The first-order chi connectivity index (χ1) is 9.47. The van der Waals surface area contributed by atoms with Crippen LogP contribution in [-0.2, 0) is 9.59 Å². The van der Waals surface area contributed by atoms with Crippen molar-refractivity contribution < 1.29 is 14.3 Å². The van der Waals surface area contributed by atoms with E-state index in [-0.39, 0.29) is 17.8 Å². The van der Waals surface area contributed by atoms with Crippen LogP contribution in [0.2, 0.25) is 5.02 Å². The Morgan fingerprint density at radius 3 is 2.50 bits per heavy atom. The Labute approximate surface area is 123 Å². The van der Waals surface area contributed by atoms with Crippen molar-refractivity contribution in [2.45, 2.75) is 26.7 Å². The van der Waals surface area contributed by atoms with Crippen LogP contribution in [0.5, 0.6) is 5.75 Å². The number of benzene rings is 1. The molecule has 1 fully saturated rings. The zero-order valence-electron chi connectivity index (χ0n) is 11.7. The van der Waals surface area contributed by atoms with Crippen molar-refractivity contribution in [3.63, 3.8) is 0 Å². The average Bonchev–Trinajstić information content (AvgIpc) is 2.42. The maximum Gasteiger partial charge on any atom is 0.314 e. The molecular formula is C15H18ClNO3. The van der Waals surface area contributed by atoms with Gasteiger partial charge in [-0.15, -0.1) is 0 Å². The number of rotatable bonds is 2. The zero-order chi connectivity index (χ0) is 14.7. The van der Waals surface area contributed by atoms with Crippen LogP contribution < -0.4 is 4.74 Å². The lowest BCUT2D eigenvalue weighted by atomic mass is 9.97. The second-order valence-corrected chi connectivity index (χ2v) is 5.55. The molecule has 1 saturated heterocycles. The van der Waals surface area contributed by atoms with Crippen LogP contribution >= 0.6 is 11.6 Å². The van der Waals surface area contributed by atoms with Gasteiger partial charge in [0.25, 0.3) is 0 Å². The second-order valence-electron chi connectivity index (χ2n) is 5.11. The number of carbonyl (C=O) groups excluding carboxylic acids is 2. The average molecular weight is 296 g/mol. The minimum absolute atomic E-state index is 0.0605. The highest BCUT2D eigenvalue weighted by molar-refractivity contribution is 6.30. The van der Waals surface area contributed by atoms with Gasteiger partial charge in [-0.05, 0) is 43.5 Å². The molecule has 0 unspecified atom stereocenters. The lowest BCUT2D eigenvalue weighted by Gasteiger charge is -2.30. The summed E-state index contributed by atoms with van der Waals surface area (Å²) < 4.78 is 5.43. The molecule has 2 rings (SSSR count). The Morgan fingerprint density at radius 2 is 1.95 bits per heavy atom. The van der Waals surface area contributed by atoms with Gasteiger partial charge in [0, 0.05) is 25.0 Å². The molecule has 0 bridgehead atoms. The van der Waals surface area contributed by atoms with E-state index < -0.39 is 0 Å². The van der Waals surface area contributed by atoms with Crippen LogP contribution in [-0.4, -0.2) is 29.9 Å². The maximum absolute atomic E-state index is 12.1. The first-order valence-corrected chi connectivity index (χ1v) is 7.08. The molecule has 0 N–H and O–H groups in total. The number of amides is 1. The molecule has 108 valence electrons. The van der Waals surface area contributed by atoms with Gasteiger partial charge in [-0.25, -0.2) is 0 Å². The molecule has 1 heterocycles. The van der Waals surface area contributed by atoms with Gasteiger partial charge in [0.1, 0.15) is 5.75 Å². The molecule has 1 amide bonds. The second kappa shape index (κ2) is 6.27. The van der Waals surface area contributed by atoms with Gasteiger partial charge in [0.05, 0.1) is 5.92 Å². The van der Waals surface area contributed by atoms with Crippen LogP contribution in [0, 0.1) is 12.8 Å². The molecule has 1 aliphatic rings. The number of halogens is 1. The Balaban J connectivity index is 1.94. The first-order valence-electron chi connectivity index (χ1n) is 6.70. The fourth-order valence-electron chi connectivity index (χ4n) is 2.35. The van der Waals surface area contributed by atoms with E-state index in [4.69, 9.17) is 16.3 Å². The molecule has 0 radical (unpaired) electrons. The minimum Gasteiger partial charge on any atom is -0.426 e. The van der Waals surface area contributed by atoms with Gasteiger partial charge in [-0.2, -0.15) is 0 Å².